The maximum absolute atomic E-state index is 13.3. The van der Waals surface area contributed by atoms with Gasteiger partial charge in [0.25, 0.3) is 0 Å². The highest BCUT2D eigenvalue weighted by Gasteiger charge is 2.28. The van der Waals surface area contributed by atoms with E-state index in [2.05, 4.69) is 0 Å². The van der Waals surface area contributed by atoms with E-state index in [1.807, 2.05) is 41.5 Å². The maximum atomic E-state index is 13.3. The van der Waals surface area contributed by atoms with Crippen LogP contribution >= 0.6 is 0 Å². The molecule has 0 bridgehead atoms. The first-order valence-electron chi connectivity index (χ1n) is 8.79. The van der Waals surface area contributed by atoms with Gasteiger partial charge in [-0.2, -0.15) is 0 Å². The maximum Gasteiger partial charge on any atom is 0.338 e. The Balaban J connectivity index is 2.37. The van der Waals surface area contributed by atoms with Crippen LogP contribution in [-0.4, -0.2) is 11.1 Å². The lowest BCUT2D eigenvalue weighted by molar-refractivity contribution is 0.0471. The van der Waals surface area contributed by atoms with Gasteiger partial charge in [0.05, 0.1) is 5.56 Å². The van der Waals surface area contributed by atoms with E-state index in [4.69, 9.17) is 4.74 Å². The number of carbonyl (C=O) groups excluding carboxylic acids is 1. The number of phenols is 1. The topological polar surface area (TPSA) is 46.5 Å². The molecule has 0 amide bonds. The van der Waals surface area contributed by atoms with Gasteiger partial charge >= 0.3 is 5.97 Å². The van der Waals surface area contributed by atoms with Gasteiger partial charge in [0.2, 0.25) is 0 Å². The molecule has 0 spiro atoms. The fourth-order valence-electron chi connectivity index (χ4n) is 2.82. The summed E-state index contributed by atoms with van der Waals surface area (Å²) in [5.74, 6) is -1.90. The molecular weight excluding hydrogens is 350 g/mol. The zero-order valence-corrected chi connectivity index (χ0v) is 16.6. The number of ether oxygens (including phenoxy) is 1. The van der Waals surface area contributed by atoms with Crippen LogP contribution in [0.2, 0.25) is 0 Å². The highest BCUT2D eigenvalue weighted by Crippen LogP contribution is 2.39. The van der Waals surface area contributed by atoms with Crippen molar-refractivity contribution in [1.82, 2.24) is 0 Å². The normalized spacial score (nSPS) is 12.1. The van der Waals surface area contributed by atoms with E-state index in [-0.39, 0.29) is 28.7 Å². The van der Waals surface area contributed by atoms with Crippen LogP contribution in [0.5, 0.6) is 5.75 Å². The lowest BCUT2D eigenvalue weighted by Gasteiger charge is -2.28. The van der Waals surface area contributed by atoms with Crippen LogP contribution in [0.25, 0.3) is 0 Å². The Hall–Kier alpha value is -2.43. The lowest BCUT2D eigenvalue weighted by Crippen LogP contribution is -2.19. The minimum atomic E-state index is -0.726. The van der Waals surface area contributed by atoms with Crippen molar-refractivity contribution in [3.63, 3.8) is 0 Å². The van der Waals surface area contributed by atoms with E-state index < -0.39 is 17.6 Å². The van der Waals surface area contributed by atoms with Crippen molar-refractivity contribution >= 4 is 5.97 Å². The molecule has 0 unspecified atom stereocenters. The third kappa shape index (κ3) is 5.06. The minimum Gasteiger partial charge on any atom is -0.507 e. The molecule has 0 aliphatic heterocycles. The standard InChI is InChI=1S/C22H26F2O3/c1-21(2,3)17-9-14(10-18(19(17)25)22(4,5)6)20(26)27-12-13-7-15(23)11-16(24)8-13/h7-11,25H,12H2,1-6H3. The molecule has 0 fully saturated rings. The number of hydrogen-bond donors (Lipinski definition) is 1. The Morgan fingerprint density at radius 1 is 0.889 bits per heavy atom. The van der Waals surface area contributed by atoms with E-state index >= 15 is 0 Å². The molecule has 146 valence electrons. The quantitative estimate of drug-likeness (QED) is 0.707. The molecule has 0 aliphatic rings. The van der Waals surface area contributed by atoms with Crippen LogP contribution in [0.3, 0.4) is 0 Å². The Morgan fingerprint density at radius 2 is 1.33 bits per heavy atom. The molecule has 27 heavy (non-hydrogen) atoms. The number of halogens is 2. The lowest BCUT2D eigenvalue weighted by atomic mass is 9.78. The van der Waals surface area contributed by atoms with Gasteiger partial charge in [-0.25, -0.2) is 13.6 Å². The second kappa shape index (κ2) is 7.29. The number of rotatable bonds is 3. The Labute approximate surface area is 159 Å². The minimum absolute atomic E-state index is 0.166. The summed E-state index contributed by atoms with van der Waals surface area (Å²) in [6, 6.07) is 6.22. The van der Waals surface area contributed by atoms with E-state index in [0.29, 0.717) is 16.7 Å². The summed E-state index contributed by atoms with van der Waals surface area (Å²) in [7, 11) is 0. The zero-order chi connectivity index (χ0) is 20.6. The van der Waals surface area contributed by atoms with Crippen molar-refractivity contribution < 1.29 is 23.4 Å². The summed E-state index contributed by atoms with van der Waals surface area (Å²) in [6.45, 7) is 11.4. The third-order valence-electron chi connectivity index (χ3n) is 4.25. The highest BCUT2D eigenvalue weighted by atomic mass is 19.1. The molecule has 0 aromatic heterocycles. The number of carbonyl (C=O) groups is 1. The van der Waals surface area contributed by atoms with Gasteiger partial charge in [0.15, 0.2) is 0 Å². The molecule has 0 heterocycles. The smallest absolute Gasteiger partial charge is 0.338 e. The Kier molecular flexibility index (Phi) is 5.64. The molecule has 0 aliphatic carbocycles. The van der Waals surface area contributed by atoms with Gasteiger partial charge in [-0.3, -0.25) is 0 Å². The van der Waals surface area contributed by atoms with Crippen molar-refractivity contribution in [2.45, 2.75) is 59.0 Å². The van der Waals surface area contributed by atoms with Crippen molar-refractivity contribution in [3.05, 3.63) is 64.2 Å². The number of benzene rings is 2. The fraction of sp³-hybridized carbons (Fsp3) is 0.409. The molecule has 2 rings (SSSR count). The van der Waals surface area contributed by atoms with E-state index in [1.165, 1.54) is 0 Å². The number of phenolic OH excluding ortho intramolecular Hbond substituents is 1. The van der Waals surface area contributed by atoms with Crippen LogP contribution in [0.15, 0.2) is 30.3 Å². The van der Waals surface area contributed by atoms with Crippen molar-refractivity contribution in [2.75, 3.05) is 0 Å². The van der Waals surface area contributed by atoms with Crippen LogP contribution in [0.4, 0.5) is 8.78 Å². The first kappa shape index (κ1) is 20.9. The monoisotopic (exact) mass is 376 g/mol. The number of esters is 1. The largest absolute Gasteiger partial charge is 0.507 e. The predicted octanol–water partition coefficient (Wildman–Crippen LogP) is 5.62. The van der Waals surface area contributed by atoms with Crippen molar-refractivity contribution in [3.8, 4) is 5.75 Å². The average Bonchev–Trinajstić information content (AvgIpc) is 2.49. The average molecular weight is 376 g/mol. The van der Waals surface area contributed by atoms with E-state index in [1.54, 1.807) is 12.1 Å². The summed E-state index contributed by atoms with van der Waals surface area (Å²) >= 11 is 0. The van der Waals surface area contributed by atoms with Crippen molar-refractivity contribution in [1.29, 1.82) is 0 Å². The number of hydrogen-bond acceptors (Lipinski definition) is 3. The fourth-order valence-corrected chi connectivity index (χ4v) is 2.82. The van der Waals surface area contributed by atoms with E-state index in [9.17, 15) is 18.7 Å². The summed E-state index contributed by atoms with van der Waals surface area (Å²) in [5.41, 5.74) is 1.03. The molecule has 2 aromatic rings. The second-order valence-electron chi connectivity index (χ2n) is 8.77. The Morgan fingerprint density at radius 3 is 1.74 bits per heavy atom. The summed E-state index contributed by atoms with van der Waals surface area (Å²) in [5, 5.41) is 10.7. The van der Waals surface area contributed by atoms with Gasteiger partial charge in [-0.15, -0.1) is 0 Å². The van der Waals surface area contributed by atoms with Gasteiger partial charge in [0.1, 0.15) is 24.0 Å². The molecule has 3 nitrogen and oxygen atoms in total. The molecule has 1 N–H and O–H groups in total. The van der Waals surface area contributed by atoms with Gasteiger partial charge < -0.3 is 9.84 Å². The summed E-state index contributed by atoms with van der Waals surface area (Å²) in [6.07, 6.45) is 0. The van der Waals surface area contributed by atoms with E-state index in [0.717, 1.165) is 18.2 Å². The SMILES string of the molecule is CC(C)(C)c1cc(C(=O)OCc2cc(F)cc(F)c2)cc(C(C)(C)C)c1O. The summed E-state index contributed by atoms with van der Waals surface area (Å²) in [4.78, 5) is 12.6. The Bertz CT molecular complexity index is 804. The highest BCUT2D eigenvalue weighted by molar-refractivity contribution is 5.90. The molecule has 0 saturated heterocycles. The number of aromatic hydroxyl groups is 1. The molecule has 0 radical (unpaired) electrons. The van der Waals surface area contributed by atoms with Crippen LogP contribution in [0.1, 0.15) is 68.6 Å². The molecule has 0 saturated carbocycles. The molecular formula is C22H26F2O3. The zero-order valence-electron chi connectivity index (χ0n) is 16.6. The second-order valence-corrected chi connectivity index (χ2v) is 8.77. The molecule has 5 heteroatoms. The van der Waals surface area contributed by atoms with Crippen LogP contribution in [0, 0.1) is 11.6 Å². The predicted molar refractivity (Wildman–Crippen MR) is 101 cm³/mol. The summed E-state index contributed by atoms with van der Waals surface area (Å²) < 4.78 is 31.8. The molecule has 2 aromatic carbocycles. The van der Waals surface area contributed by atoms with Crippen molar-refractivity contribution in [2.24, 2.45) is 0 Å². The van der Waals surface area contributed by atoms with Gasteiger partial charge in [-0.05, 0) is 40.7 Å². The third-order valence-corrected chi connectivity index (χ3v) is 4.25. The molecule has 0 atom stereocenters. The van der Waals surface area contributed by atoms with Gasteiger partial charge in [-0.1, -0.05) is 41.5 Å². The van der Waals surface area contributed by atoms with Gasteiger partial charge in [0, 0.05) is 17.2 Å². The first-order chi connectivity index (χ1) is 12.3. The van der Waals surface area contributed by atoms with Crippen LogP contribution in [-0.2, 0) is 22.2 Å². The first-order valence-corrected chi connectivity index (χ1v) is 8.79. The van der Waals surface area contributed by atoms with Crippen LogP contribution < -0.4 is 0 Å².